The number of halogens is 1. The van der Waals surface area contributed by atoms with E-state index in [2.05, 4.69) is 20.2 Å². The molecule has 1 aromatic heterocycles. The molecule has 1 aromatic rings. The van der Waals surface area contributed by atoms with Crippen LogP contribution in [0.4, 0.5) is 0 Å². The van der Waals surface area contributed by atoms with Crippen LogP contribution in [0.3, 0.4) is 0 Å². The maximum Gasteiger partial charge on any atom is 0.216 e. The Morgan fingerprint density at radius 1 is 1.19 bits per heavy atom. The Labute approximate surface area is 179 Å². The molecule has 1 aliphatic heterocycles. The van der Waals surface area contributed by atoms with Gasteiger partial charge in [-0.15, -0.1) is 24.0 Å². The van der Waals surface area contributed by atoms with E-state index in [0.717, 1.165) is 13.1 Å². The van der Waals surface area contributed by atoms with Crippen LogP contribution in [-0.4, -0.2) is 73.9 Å². The predicted octanol–water partition coefficient (Wildman–Crippen LogP) is 1.10. The second-order valence-corrected chi connectivity index (χ2v) is 8.59. The van der Waals surface area contributed by atoms with Gasteiger partial charge in [0.25, 0.3) is 0 Å². The summed E-state index contributed by atoms with van der Waals surface area (Å²) in [6.07, 6.45) is 3.85. The van der Waals surface area contributed by atoms with E-state index in [1.165, 1.54) is 4.31 Å². The third kappa shape index (κ3) is 8.36. The Morgan fingerprint density at radius 2 is 1.81 bits per heavy atom. The number of nitrogens with one attached hydrogen (secondary N) is 2. The first-order valence-electron chi connectivity index (χ1n) is 9.17. The van der Waals surface area contributed by atoms with Crippen LogP contribution in [0, 0.1) is 0 Å². The molecule has 10 heteroatoms. The minimum atomic E-state index is -3.33. The molecule has 0 aliphatic carbocycles. The Morgan fingerprint density at radius 3 is 2.41 bits per heavy atom. The second kappa shape index (κ2) is 11.9. The lowest BCUT2D eigenvalue weighted by atomic mass is 10.3. The highest BCUT2D eigenvalue weighted by Gasteiger charge is 2.30. The van der Waals surface area contributed by atoms with Crippen molar-refractivity contribution in [2.45, 2.75) is 39.5 Å². The van der Waals surface area contributed by atoms with Crippen LogP contribution < -0.4 is 10.6 Å². The Bertz CT molecular complexity index is 656. The summed E-state index contributed by atoms with van der Waals surface area (Å²) >= 11 is 0. The molecular formula is C17H32IN5O3S. The van der Waals surface area contributed by atoms with E-state index in [4.69, 9.17) is 4.74 Å². The molecule has 2 rings (SSSR count). The average molecular weight is 513 g/mol. The number of aromatic nitrogens is 1. The van der Waals surface area contributed by atoms with Crippen LogP contribution in [0.25, 0.3) is 0 Å². The molecule has 0 bridgehead atoms. The first-order chi connectivity index (χ1) is 12.4. The third-order valence-electron chi connectivity index (χ3n) is 4.07. The van der Waals surface area contributed by atoms with Gasteiger partial charge in [0.2, 0.25) is 10.0 Å². The van der Waals surface area contributed by atoms with E-state index in [1.807, 2.05) is 45.3 Å². The number of rotatable bonds is 8. The zero-order valence-corrected chi connectivity index (χ0v) is 19.4. The van der Waals surface area contributed by atoms with Gasteiger partial charge in [-0.05, 0) is 32.9 Å². The van der Waals surface area contributed by atoms with Crippen molar-refractivity contribution in [3.05, 3.63) is 24.5 Å². The summed E-state index contributed by atoms with van der Waals surface area (Å²) in [6, 6.07) is 3.97. The normalized spacial score (nSPS) is 21.5. The Kier molecular flexibility index (Phi) is 10.6. The van der Waals surface area contributed by atoms with Crippen molar-refractivity contribution < 1.29 is 13.2 Å². The van der Waals surface area contributed by atoms with Gasteiger partial charge in [0.05, 0.1) is 24.5 Å². The Balaban J connectivity index is 0.00000364. The summed E-state index contributed by atoms with van der Waals surface area (Å²) in [6.45, 7) is 9.07. The SMILES string of the molecule is CCNC(=NCCS(=O)(=O)N1CC(C)OC(C)C1)NCCn1cccc1.I. The van der Waals surface area contributed by atoms with Gasteiger partial charge < -0.3 is 19.9 Å². The lowest BCUT2D eigenvalue weighted by Crippen LogP contribution is -2.49. The van der Waals surface area contributed by atoms with E-state index in [1.54, 1.807) is 0 Å². The second-order valence-electron chi connectivity index (χ2n) is 6.50. The molecule has 2 N–H and O–H groups in total. The average Bonchev–Trinajstić information content (AvgIpc) is 3.07. The minimum Gasteiger partial charge on any atom is -0.373 e. The molecule has 0 amide bonds. The van der Waals surface area contributed by atoms with Gasteiger partial charge in [-0.2, -0.15) is 4.31 Å². The summed E-state index contributed by atoms with van der Waals surface area (Å²) in [5.74, 6) is 0.638. The highest BCUT2D eigenvalue weighted by Crippen LogP contribution is 2.14. The molecule has 27 heavy (non-hydrogen) atoms. The van der Waals surface area contributed by atoms with Crippen LogP contribution in [0.2, 0.25) is 0 Å². The summed E-state index contributed by atoms with van der Waals surface area (Å²) in [5, 5.41) is 6.37. The number of morpholine rings is 1. The van der Waals surface area contributed by atoms with Gasteiger partial charge in [-0.1, -0.05) is 0 Å². The lowest BCUT2D eigenvalue weighted by Gasteiger charge is -2.34. The molecule has 0 spiro atoms. The monoisotopic (exact) mass is 513 g/mol. The first-order valence-corrected chi connectivity index (χ1v) is 10.8. The predicted molar refractivity (Wildman–Crippen MR) is 119 cm³/mol. The minimum absolute atomic E-state index is 0. The number of aliphatic imine (C=N–C) groups is 1. The van der Waals surface area contributed by atoms with Gasteiger partial charge in [-0.25, -0.2) is 8.42 Å². The van der Waals surface area contributed by atoms with E-state index >= 15 is 0 Å². The van der Waals surface area contributed by atoms with E-state index in [0.29, 0.717) is 25.6 Å². The maximum absolute atomic E-state index is 12.5. The van der Waals surface area contributed by atoms with Crippen LogP contribution in [0.5, 0.6) is 0 Å². The summed E-state index contributed by atoms with van der Waals surface area (Å²) in [5.41, 5.74) is 0. The van der Waals surface area contributed by atoms with E-state index in [9.17, 15) is 8.42 Å². The molecular weight excluding hydrogens is 481 g/mol. The molecule has 1 saturated heterocycles. The van der Waals surface area contributed by atoms with Crippen molar-refractivity contribution in [2.24, 2.45) is 4.99 Å². The highest BCUT2D eigenvalue weighted by atomic mass is 127. The number of nitrogens with zero attached hydrogens (tertiary/aromatic N) is 3. The van der Waals surface area contributed by atoms with E-state index < -0.39 is 10.0 Å². The van der Waals surface area contributed by atoms with Gasteiger partial charge in [-0.3, -0.25) is 4.99 Å². The summed E-state index contributed by atoms with van der Waals surface area (Å²) in [4.78, 5) is 4.40. The molecule has 156 valence electrons. The molecule has 0 radical (unpaired) electrons. The molecule has 1 fully saturated rings. The van der Waals surface area contributed by atoms with Gasteiger partial charge in [0, 0.05) is 45.1 Å². The van der Waals surface area contributed by atoms with Crippen molar-refractivity contribution in [3.63, 3.8) is 0 Å². The molecule has 1 aliphatic rings. The molecule has 2 atom stereocenters. The fourth-order valence-electron chi connectivity index (χ4n) is 2.92. The number of sulfonamides is 1. The van der Waals surface area contributed by atoms with Crippen LogP contribution in [0.1, 0.15) is 20.8 Å². The zero-order valence-electron chi connectivity index (χ0n) is 16.3. The van der Waals surface area contributed by atoms with Gasteiger partial charge >= 0.3 is 0 Å². The van der Waals surface area contributed by atoms with E-state index in [-0.39, 0.29) is 48.5 Å². The number of guanidine groups is 1. The highest BCUT2D eigenvalue weighted by molar-refractivity contribution is 14.0. The summed E-state index contributed by atoms with van der Waals surface area (Å²) < 4.78 is 34.3. The zero-order chi connectivity index (χ0) is 19.0. The smallest absolute Gasteiger partial charge is 0.216 e. The van der Waals surface area contributed by atoms with Crippen molar-refractivity contribution in [1.82, 2.24) is 19.5 Å². The molecule has 0 saturated carbocycles. The fourth-order valence-corrected chi connectivity index (χ4v) is 4.38. The van der Waals surface area contributed by atoms with Gasteiger partial charge in [0.1, 0.15) is 0 Å². The maximum atomic E-state index is 12.5. The largest absolute Gasteiger partial charge is 0.373 e. The summed E-state index contributed by atoms with van der Waals surface area (Å²) in [7, 11) is -3.33. The first kappa shape index (κ1) is 24.2. The number of hydrogen-bond acceptors (Lipinski definition) is 4. The van der Waals surface area contributed by atoms with Crippen LogP contribution >= 0.6 is 24.0 Å². The standard InChI is InChI=1S/C17H31N5O3S.HI/c1-4-18-17(19-7-11-21-9-5-6-10-21)20-8-12-26(23,24)22-13-15(2)25-16(3)14-22;/h5-6,9-10,15-16H,4,7-8,11-14H2,1-3H3,(H2,18,19,20);1H. The van der Waals surface area contributed by atoms with Crippen LogP contribution in [-0.2, 0) is 21.3 Å². The molecule has 2 unspecified atom stereocenters. The number of hydrogen-bond donors (Lipinski definition) is 2. The van der Waals surface area contributed by atoms with Crippen molar-refractivity contribution in [1.29, 1.82) is 0 Å². The van der Waals surface area contributed by atoms with Crippen molar-refractivity contribution >= 4 is 40.0 Å². The molecule has 0 aromatic carbocycles. The topological polar surface area (TPSA) is 88.0 Å². The van der Waals surface area contributed by atoms with Crippen molar-refractivity contribution in [2.75, 3.05) is 38.5 Å². The fraction of sp³-hybridized carbons (Fsp3) is 0.706. The quantitative estimate of drug-likeness (QED) is 0.309. The molecule has 2 heterocycles. The van der Waals surface area contributed by atoms with Gasteiger partial charge in [0.15, 0.2) is 5.96 Å². The lowest BCUT2D eigenvalue weighted by molar-refractivity contribution is -0.0440. The third-order valence-corrected chi connectivity index (χ3v) is 5.85. The van der Waals surface area contributed by atoms with Crippen LogP contribution in [0.15, 0.2) is 29.5 Å². The molecule has 8 nitrogen and oxygen atoms in total. The van der Waals surface area contributed by atoms with Crippen molar-refractivity contribution in [3.8, 4) is 0 Å². The Hall–Kier alpha value is -0.850. The number of ether oxygens (including phenoxy) is 1.